The van der Waals surface area contributed by atoms with Crippen LogP contribution in [0, 0.1) is 23.7 Å². The minimum absolute atomic E-state index is 0.157. The Morgan fingerprint density at radius 3 is 2.50 bits per heavy atom. The molecule has 5 aliphatic rings. The molecule has 30 heavy (non-hydrogen) atoms. The SMILES string of the molecule is O=C(COC(=O)c1c2c(nc3ccccc13)CCC2)NC1C2CC3CC(C2)CC1C3. The normalized spacial score (nSPS) is 31.0. The van der Waals surface area contributed by atoms with Crippen LogP contribution in [0.25, 0.3) is 10.9 Å². The predicted octanol–water partition coefficient (Wildman–Crippen LogP) is 3.82. The van der Waals surface area contributed by atoms with Crippen molar-refractivity contribution in [3.05, 3.63) is 41.1 Å². The number of nitrogens with zero attached hydrogens (tertiary/aromatic N) is 1. The second-order valence-electron chi connectivity index (χ2n) is 9.88. The van der Waals surface area contributed by atoms with Gasteiger partial charge in [0.25, 0.3) is 5.91 Å². The number of carbonyl (C=O) groups is 2. The van der Waals surface area contributed by atoms with Gasteiger partial charge in [0, 0.05) is 17.1 Å². The molecule has 0 aliphatic heterocycles. The maximum Gasteiger partial charge on any atom is 0.339 e. The van der Waals surface area contributed by atoms with Gasteiger partial charge in [-0.05, 0) is 86.7 Å². The van der Waals surface area contributed by atoms with Crippen LogP contribution < -0.4 is 5.32 Å². The Morgan fingerprint density at radius 2 is 1.73 bits per heavy atom. The Morgan fingerprint density at radius 1 is 1.00 bits per heavy atom. The smallest absolute Gasteiger partial charge is 0.339 e. The largest absolute Gasteiger partial charge is 0.452 e. The zero-order chi connectivity index (χ0) is 20.2. The molecule has 0 radical (unpaired) electrons. The lowest BCUT2D eigenvalue weighted by Crippen LogP contribution is -2.56. The zero-order valence-corrected chi connectivity index (χ0v) is 17.2. The first kappa shape index (κ1) is 18.3. The van der Waals surface area contributed by atoms with Gasteiger partial charge in [-0.1, -0.05) is 18.2 Å². The average Bonchev–Trinajstić information content (AvgIpc) is 3.20. The first-order valence-corrected chi connectivity index (χ1v) is 11.5. The standard InChI is InChI=1S/C25H28N2O3/c28-22(27-24-16-9-14-8-15(11-16)12-17(24)10-14)13-30-25(29)23-18-4-1-2-6-20(18)26-21-7-3-5-19(21)23/h1-2,4,6,14-17,24H,3,5,7-13H2,(H,27,28). The Balaban J connectivity index is 1.16. The fraction of sp³-hybridized carbons (Fsp3) is 0.560. The number of fused-ring (bicyclic) bond motifs is 2. The number of esters is 1. The fourth-order valence-electron chi connectivity index (χ4n) is 7.04. The minimum Gasteiger partial charge on any atom is -0.452 e. The van der Waals surface area contributed by atoms with Crippen LogP contribution in [0.2, 0.25) is 0 Å². The molecule has 4 bridgehead atoms. The van der Waals surface area contributed by atoms with Crippen LogP contribution in [0.4, 0.5) is 0 Å². The van der Waals surface area contributed by atoms with Crippen molar-refractivity contribution < 1.29 is 14.3 Å². The van der Waals surface area contributed by atoms with E-state index in [1.807, 2.05) is 24.3 Å². The quantitative estimate of drug-likeness (QED) is 0.787. The molecule has 4 saturated carbocycles. The van der Waals surface area contributed by atoms with Crippen molar-refractivity contribution in [1.82, 2.24) is 10.3 Å². The molecule has 4 fully saturated rings. The van der Waals surface area contributed by atoms with Crippen LogP contribution >= 0.6 is 0 Å². The van der Waals surface area contributed by atoms with Crippen LogP contribution in [0.15, 0.2) is 24.3 Å². The number of hydrogen-bond acceptors (Lipinski definition) is 4. The monoisotopic (exact) mass is 404 g/mol. The third kappa shape index (κ3) is 3.01. The second kappa shape index (κ2) is 7.07. The van der Waals surface area contributed by atoms with Crippen LogP contribution in [-0.2, 0) is 22.4 Å². The number of nitrogens with one attached hydrogen (secondary N) is 1. The second-order valence-corrected chi connectivity index (χ2v) is 9.88. The van der Waals surface area contributed by atoms with Gasteiger partial charge >= 0.3 is 5.97 Å². The Bertz CT molecular complexity index is 1000. The first-order chi connectivity index (χ1) is 14.7. The lowest BCUT2D eigenvalue weighted by atomic mass is 9.54. The molecule has 0 unspecified atom stereocenters. The van der Waals surface area contributed by atoms with E-state index in [0.717, 1.165) is 53.3 Å². The fourth-order valence-corrected chi connectivity index (χ4v) is 7.04. The first-order valence-electron chi connectivity index (χ1n) is 11.5. The summed E-state index contributed by atoms with van der Waals surface area (Å²) in [6.07, 6.45) is 9.17. The molecule has 0 spiro atoms. The maximum absolute atomic E-state index is 13.0. The Hall–Kier alpha value is -2.43. The number of aromatic nitrogens is 1. The molecule has 5 aliphatic carbocycles. The molecule has 1 aromatic heterocycles. The highest BCUT2D eigenvalue weighted by Crippen LogP contribution is 2.53. The van der Waals surface area contributed by atoms with E-state index in [-0.39, 0.29) is 18.6 Å². The molecule has 5 nitrogen and oxygen atoms in total. The van der Waals surface area contributed by atoms with Gasteiger partial charge in [-0.3, -0.25) is 9.78 Å². The van der Waals surface area contributed by atoms with E-state index in [2.05, 4.69) is 5.32 Å². The van der Waals surface area contributed by atoms with Gasteiger partial charge in [0.15, 0.2) is 6.61 Å². The van der Waals surface area contributed by atoms with Gasteiger partial charge in [0.05, 0.1) is 11.1 Å². The van der Waals surface area contributed by atoms with Crippen LogP contribution in [0.3, 0.4) is 0 Å². The molecule has 1 N–H and O–H groups in total. The number of pyridine rings is 1. The molecular weight excluding hydrogens is 376 g/mol. The van der Waals surface area contributed by atoms with E-state index in [1.54, 1.807) is 0 Å². The molecule has 1 aromatic carbocycles. The summed E-state index contributed by atoms with van der Waals surface area (Å²) in [5.41, 5.74) is 3.43. The topological polar surface area (TPSA) is 68.3 Å². The summed E-state index contributed by atoms with van der Waals surface area (Å²) in [6, 6.07) is 7.98. The zero-order valence-electron chi connectivity index (χ0n) is 17.2. The summed E-state index contributed by atoms with van der Waals surface area (Å²) in [5.74, 6) is 2.44. The number of carbonyl (C=O) groups excluding carboxylic acids is 2. The Labute approximate surface area is 176 Å². The van der Waals surface area contributed by atoms with E-state index in [0.29, 0.717) is 17.4 Å². The molecule has 5 heteroatoms. The predicted molar refractivity (Wildman–Crippen MR) is 113 cm³/mol. The lowest BCUT2D eigenvalue weighted by molar-refractivity contribution is -0.128. The molecule has 1 amide bonds. The third-order valence-corrected chi connectivity index (χ3v) is 8.01. The number of benzene rings is 1. The van der Waals surface area contributed by atoms with Gasteiger partial charge in [0.1, 0.15) is 0 Å². The van der Waals surface area contributed by atoms with Crippen molar-refractivity contribution in [2.75, 3.05) is 6.61 Å². The highest BCUT2D eigenvalue weighted by atomic mass is 16.5. The maximum atomic E-state index is 13.0. The average molecular weight is 405 g/mol. The van der Waals surface area contributed by atoms with Gasteiger partial charge in [-0.25, -0.2) is 4.79 Å². The summed E-state index contributed by atoms with van der Waals surface area (Å²) in [5, 5.41) is 4.05. The van der Waals surface area contributed by atoms with E-state index >= 15 is 0 Å². The van der Waals surface area contributed by atoms with Crippen molar-refractivity contribution in [3.63, 3.8) is 0 Å². The van der Waals surface area contributed by atoms with Gasteiger partial charge in [0.2, 0.25) is 0 Å². The van der Waals surface area contributed by atoms with E-state index < -0.39 is 5.97 Å². The number of ether oxygens (including phenoxy) is 1. The van der Waals surface area contributed by atoms with Crippen molar-refractivity contribution in [2.24, 2.45) is 23.7 Å². The number of hydrogen-bond donors (Lipinski definition) is 1. The molecule has 156 valence electrons. The summed E-state index contributed by atoms with van der Waals surface area (Å²) < 4.78 is 5.54. The molecule has 0 saturated heterocycles. The number of aryl methyl sites for hydroxylation is 1. The summed E-state index contributed by atoms with van der Waals surface area (Å²) in [4.78, 5) is 30.4. The van der Waals surface area contributed by atoms with Crippen LogP contribution in [0.5, 0.6) is 0 Å². The molecule has 7 rings (SSSR count). The molecular formula is C25H28N2O3. The van der Waals surface area contributed by atoms with Crippen molar-refractivity contribution in [3.8, 4) is 0 Å². The van der Waals surface area contributed by atoms with Crippen molar-refractivity contribution >= 4 is 22.8 Å². The molecule has 2 aromatic rings. The van der Waals surface area contributed by atoms with Gasteiger partial charge in [-0.2, -0.15) is 0 Å². The lowest BCUT2D eigenvalue weighted by Gasteiger charge is -2.54. The van der Waals surface area contributed by atoms with Crippen molar-refractivity contribution in [1.29, 1.82) is 0 Å². The van der Waals surface area contributed by atoms with Crippen LogP contribution in [0.1, 0.15) is 60.1 Å². The summed E-state index contributed by atoms with van der Waals surface area (Å²) in [7, 11) is 0. The van der Waals surface area contributed by atoms with E-state index in [4.69, 9.17) is 9.72 Å². The highest BCUT2D eigenvalue weighted by molar-refractivity contribution is 6.05. The number of rotatable bonds is 4. The van der Waals surface area contributed by atoms with Gasteiger partial charge in [-0.15, -0.1) is 0 Å². The van der Waals surface area contributed by atoms with Gasteiger partial charge < -0.3 is 10.1 Å². The van der Waals surface area contributed by atoms with Crippen LogP contribution in [-0.4, -0.2) is 29.5 Å². The highest BCUT2D eigenvalue weighted by Gasteiger charge is 2.48. The molecule has 1 heterocycles. The summed E-state index contributed by atoms with van der Waals surface area (Å²) in [6.45, 7) is -0.201. The summed E-state index contributed by atoms with van der Waals surface area (Å²) >= 11 is 0. The molecule has 0 atom stereocenters. The third-order valence-electron chi connectivity index (χ3n) is 8.01. The number of amides is 1. The Kier molecular flexibility index (Phi) is 4.32. The number of para-hydroxylation sites is 1. The van der Waals surface area contributed by atoms with Crippen molar-refractivity contribution in [2.45, 2.75) is 57.4 Å². The van der Waals surface area contributed by atoms with E-state index in [9.17, 15) is 9.59 Å². The minimum atomic E-state index is -0.396. The van der Waals surface area contributed by atoms with E-state index in [1.165, 1.54) is 32.1 Å².